The molecule has 1 saturated heterocycles. The van der Waals surface area contributed by atoms with Crippen LogP contribution in [0.2, 0.25) is 0 Å². The number of rotatable bonds is 7. The number of morpholine rings is 1. The predicted octanol–water partition coefficient (Wildman–Crippen LogP) is 4.14. The molecule has 0 saturated carbocycles. The molecule has 206 valence electrons. The normalized spacial score (nSPS) is 16.9. The average molecular weight is 525 g/mol. The highest BCUT2D eigenvalue weighted by Crippen LogP contribution is 2.33. The molecule has 1 aliphatic heterocycles. The summed E-state index contributed by atoms with van der Waals surface area (Å²) >= 11 is 0. The van der Waals surface area contributed by atoms with Crippen molar-refractivity contribution in [2.75, 3.05) is 38.7 Å². The number of guanidine groups is 1. The van der Waals surface area contributed by atoms with Crippen LogP contribution in [0, 0.1) is 0 Å². The van der Waals surface area contributed by atoms with E-state index in [2.05, 4.69) is 25.8 Å². The highest BCUT2D eigenvalue weighted by Gasteiger charge is 2.31. The number of carbonyl (C=O) groups is 1. The molecule has 5 N–H and O–H groups in total. The molecule has 2 rings (SSSR count). The van der Waals surface area contributed by atoms with Crippen LogP contribution in [0.4, 0.5) is 18.9 Å². The van der Waals surface area contributed by atoms with Crippen LogP contribution >= 0.6 is 0 Å². The fourth-order valence-electron chi connectivity index (χ4n) is 3.65. The Balaban J connectivity index is 2.31. The van der Waals surface area contributed by atoms with Gasteiger partial charge in [0.2, 0.25) is 5.96 Å². The molecular weight excluding hydrogens is 485 g/mol. The predicted molar refractivity (Wildman–Crippen MR) is 141 cm³/mol. The topological polar surface area (TPSA) is 104 Å². The van der Waals surface area contributed by atoms with Crippen LogP contribution < -0.4 is 21.7 Å². The van der Waals surface area contributed by atoms with Gasteiger partial charge in [-0.1, -0.05) is 19.1 Å². The van der Waals surface area contributed by atoms with Gasteiger partial charge < -0.3 is 26.0 Å². The van der Waals surface area contributed by atoms with Gasteiger partial charge in [-0.3, -0.25) is 10.1 Å². The van der Waals surface area contributed by atoms with Crippen molar-refractivity contribution < 1.29 is 22.7 Å². The van der Waals surface area contributed by atoms with E-state index in [1.807, 2.05) is 40.7 Å². The van der Waals surface area contributed by atoms with Crippen LogP contribution in [0.15, 0.2) is 46.6 Å². The Morgan fingerprint density at radius 3 is 2.41 bits per heavy atom. The first-order valence-corrected chi connectivity index (χ1v) is 12.3. The maximum absolute atomic E-state index is 13.1. The van der Waals surface area contributed by atoms with Gasteiger partial charge in [0, 0.05) is 48.2 Å². The second-order valence-electron chi connectivity index (χ2n) is 9.75. The molecule has 1 aromatic carbocycles. The first kappa shape index (κ1) is 30.2. The Kier molecular flexibility index (Phi) is 10.6. The number of nitrogens with two attached hydrogens (primary N) is 1. The quantitative estimate of drug-likeness (QED) is 0.185. The number of nitrogens with one attached hydrogen (secondary N) is 3. The molecule has 1 atom stereocenters. The Morgan fingerprint density at radius 2 is 1.86 bits per heavy atom. The van der Waals surface area contributed by atoms with E-state index >= 15 is 0 Å². The molecule has 37 heavy (non-hydrogen) atoms. The Bertz CT molecular complexity index is 1020. The van der Waals surface area contributed by atoms with Crippen molar-refractivity contribution in [1.29, 1.82) is 0 Å². The zero-order chi connectivity index (χ0) is 27.8. The number of ether oxygens (including phenoxy) is 1. The molecule has 1 unspecified atom stereocenters. The lowest BCUT2D eigenvalue weighted by atomic mass is 10.1. The van der Waals surface area contributed by atoms with E-state index in [0.717, 1.165) is 30.9 Å². The highest BCUT2D eigenvalue weighted by atomic mass is 19.4. The van der Waals surface area contributed by atoms with E-state index < -0.39 is 23.4 Å². The van der Waals surface area contributed by atoms with Gasteiger partial charge in [0.05, 0.1) is 18.8 Å². The van der Waals surface area contributed by atoms with Crippen LogP contribution in [0.5, 0.6) is 0 Å². The lowest BCUT2D eigenvalue weighted by molar-refractivity contribution is -0.137. The summed E-state index contributed by atoms with van der Waals surface area (Å²) in [6.07, 6.45) is -1.35. The summed E-state index contributed by atoms with van der Waals surface area (Å²) in [6.45, 7) is 12.5. The lowest BCUT2D eigenvalue weighted by Crippen LogP contribution is -2.50. The van der Waals surface area contributed by atoms with E-state index in [4.69, 9.17) is 10.5 Å². The molecule has 1 heterocycles. The van der Waals surface area contributed by atoms with Crippen LogP contribution in [0.1, 0.15) is 58.3 Å². The molecule has 0 aliphatic carbocycles. The number of allylic oxidation sites excluding steroid dienone is 3. The van der Waals surface area contributed by atoms with Crippen LogP contribution in [0.3, 0.4) is 0 Å². The fraction of sp³-hybridized carbons (Fsp3) is 0.538. The van der Waals surface area contributed by atoms with Gasteiger partial charge in [-0.2, -0.15) is 13.2 Å². The Labute approximate surface area is 217 Å². The number of benzene rings is 1. The standard InChI is InChI=1S/C26H39F3N6O2/c1-7-18(9-8-17(2)35-12-14-37-15-13-35)23(36)33-24(34-25(3,4)5)32-22(30)20-11-10-19(26(27,28)29)16-21(20)31-6/h8-11,16,22,31H,7,12-15,30H2,1-6H3,(H2,32,33,34,36)/b17-8+,18-9+. The van der Waals surface area contributed by atoms with E-state index in [9.17, 15) is 18.0 Å². The summed E-state index contributed by atoms with van der Waals surface area (Å²) in [6, 6.07) is 3.24. The number of hydrogen-bond donors (Lipinski definition) is 4. The first-order valence-electron chi connectivity index (χ1n) is 12.3. The molecule has 11 heteroatoms. The summed E-state index contributed by atoms with van der Waals surface area (Å²) in [5.74, 6) is -0.224. The second-order valence-corrected chi connectivity index (χ2v) is 9.75. The minimum Gasteiger partial charge on any atom is -0.388 e. The molecule has 0 spiro atoms. The summed E-state index contributed by atoms with van der Waals surface area (Å²) < 4.78 is 44.8. The number of hydrogen-bond acceptors (Lipinski definition) is 6. The number of carbonyl (C=O) groups excluding carboxylic acids is 1. The number of alkyl halides is 3. The van der Waals surface area contributed by atoms with Gasteiger partial charge in [-0.05, 0) is 52.3 Å². The smallest absolute Gasteiger partial charge is 0.388 e. The van der Waals surface area contributed by atoms with Crippen molar-refractivity contribution in [3.8, 4) is 0 Å². The molecular formula is C26H39F3N6O2. The minimum atomic E-state index is -4.48. The van der Waals surface area contributed by atoms with Crippen LogP contribution in [0.25, 0.3) is 0 Å². The minimum absolute atomic E-state index is 0.125. The fourth-order valence-corrected chi connectivity index (χ4v) is 3.65. The van der Waals surface area contributed by atoms with Gasteiger partial charge >= 0.3 is 6.18 Å². The molecule has 8 nitrogen and oxygen atoms in total. The van der Waals surface area contributed by atoms with Gasteiger partial charge in [0.1, 0.15) is 6.17 Å². The van der Waals surface area contributed by atoms with Gasteiger partial charge in [0.25, 0.3) is 5.91 Å². The first-order chi connectivity index (χ1) is 17.2. The van der Waals surface area contributed by atoms with Crippen molar-refractivity contribution in [3.05, 3.63) is 52.7 Å². The van der Waals surface area contributed by atoms with Gasteiger partial charge in [-0.25, -0.2) is 4.99 Å². The summed E-state index contributed by atoms with van der Waals surface area (Å²) in [7, 11) is 1.51. The number of halogens is 3. The maximum Gasteiger partial charge on any atom is 0.416 e. The number of nitrogens with zero attached hydrogens (tertiary/aromatic N) is 2. The third kappa shape index (κ3) is 9.40. The number of amides is 1. The average Bonchev–Trinajstić information content (AvgIpc) is 2.82. The molecule has 0 bridgehead atoms. The zero-order valence-corrected chi connectivity index (χ0v) is 22.4. The monoisotopic (exact) mass is 524 g/mol. The lowest BCUT2D eigenvalue weighted by Gasteiger charge is -2.29. The maximum atomic E-state index is 13.1. The third-order valence-corrected chi connectivity index (χ3v) is 5.67. The van der Waals surface area contributed by atoms with Crippen LogP contribution in [-0.2, 0) is 15.7 Å². The van der Waals surface area contributed by atoms with Crippen molar-refractivity contribution in [2.45, 2.75) is 58.9 Å². The van der Waals surface area contributed by atoms with Gasteiger partial charge in [-0.15, -0.1) is 0 Å². The molecule has 1 amide bonds. The molecule has 0 radical (unpaired) electrons. The van der Waals surface area contributed by atoms with Crippen molar-refractivity contribution in [2.24, 2.45) is 10.7 Å². The molecule has 1 aromatic rings. The van der Waals surface area contributed by atoms with E-state index in [1.165, 1.54) is 13.1 Å². The Hall–Kier alpha value is -3.05. The van der Waals surface area contributed by atoms with Crippen LogP contribution in [-0.4, -0.2) is 55.7 Å². The van der Waals surface area contributed by atoms with E-state index in [1.54, 1.807) is 6.08 Å². The van der Waals surface area contributed by atoms with Gasteiger partial charge in [0.15, 0.2) is 0 Å². The molecule has 1 fully saturated rings. The van der Waals surface area contributed by atoms with Crippen molar-refractivity contribution >= 4 is 17.6 Å². The number of aliphatic imine (C=N–C) groups is 1. The van der Waals surface area contributed by atoms with Crippen molar-refractivity contribution in [3.63, 3.8) is 0 Å². The summed E-state index contributed by atoms with van der Waals surface area (Å²) in [4.78, 5) is 19.7. The summed E-state index contributed by atoms with van der Waals surface area (Å²) in [5.41, 5.74) is 7.14. The summed E-state index contributed by atoms with van der Waals surface area (Å²) in [5, 5.41) is 8.67. The largest absolute Gasteiger partial charge is 0.416 e. The molecule has 0 aromatic heterocycles. The third-order valence-electron chi connectivity index (χ3n) is 5.67. The second kappa shape index (κ2) is 13.0. The molecule has 1 aliphatic rings. The highest BCUT2D eigenvalue weighted by molar-refractivity contribution is 6.05. The van der Waals surface area contributed by atoms with E-state index in [-0.39, 0.29) is 17.6 Å². The zero-order valence-electron chi connectivity index (χ0n) is 22.4. The SMILES string of the molecule is CC/C(=C\C=C(/C)N1CCOCC1)C(=O)NC(=NC(N)c1ccc(C(F)(F)F)cc1NC)NC(C)(C)C. The number of anilines is 1. The Morgan fingerprint density at radius 1 is 1.22 bits per heavy atom. The van der Waals surface area contributed by atoms with E-state index in [0.29, 0.717) is 30.8 Å². The van der Waals surface area contributed by atoms with Crippen molar-refractivity contribution in [1.82, 2.24) is 15.5 Å².